The third-order valence-corrected chi connectivity index (χ3v) is 4.08. The van der Waals surface area contributed by atoms with Crippen LogP contribution in [-0.4, -0.2) is 41.8 Å². The van der Waals surface area contributed by atoms with Gasteiger partial charge in [-0.05, 0) is 49.4 Å². The molecule has 1 aliphatic heterocycles. The fourth-order valence-electron chi connectivity index (χ4n) is 3.02. The number of alkyl halides is 3. The van der Waals surface area contributed by atoms with E-state index in [4.69, 9.17) is 9.84 Å². The van der Waals surface area contributed by atoms with E-state index in [1.807, 2.05) is 6.07 Å². The number of ether oxygens (including phenoxy) is 1. The van der Waals surface area contributed by atoms with Gasteiger partial charge in [0.25, 0.3) is 0 Å². The molecule has 1 unspecified atom stereocenters. The standard InChI is InChI=1S/C17H22F3NO3/c18-17(19,20)12-24-15-5-1-3-14(9-15)11-21-8-2-4-13(10-21)6-7-16(22)23/h1,3,5,9,13H,2,4,6-8,10-12H2,(H,22,23). The van der Waals surface area contributed by atoms with Crippen molar-refractivity contribution < 1.29 is 27.8 Å². The quantitative estimate of drug-likeness (QED) is 0.819. The first-order valence-corrected chi connectivity index (χ1v) is 8.04. The molecular weight excluding hydrogens is 323 g/mol. The monoisotopic (exact) mass is 345 g/mol. The molecule has 0 spiro atoms. The third-order valence-electron chi connectivity index (χ3n) is 4.08. The summed E-state index contributed by atoms with van der Waals surface area (Å²) in [5.74, 6) is -0.203. The molecule has 1 saturated heterocycles. The summed E-state index contributed by atoms with van der Waals surface area (Å²) in [6, 6.07) is 6.70. The van der Waals surface area contributed by atoms with Crippen LogP contribution in [0.4, 0.5) is 13.2 Å². The number of benzene rings is 1. The van der Waals surface area contributed by atoms with Crippen LogP contribution in [0.3, 0.4) is 0 Å². The minimum Gasteiger partial charge on any atom is -0.484 e. The van der Waals surface area contributed by atoms with E-state index in [0.717, 1.165) is 31.5 Å². The highest BCUT2D eigenvalue weighted by molar-refractivity contribution is 5.66. The van der Waals surface area contributed by atoms with Crippen LogP contribution in [-0.2, 0) is 11.3 Å². The summed E-state index contributed by atoms with van der Waals surface area (Å²) in [4.78, 5) is 12.9. The fourth-order valence-corrected chi connectivity index (χ4v) is 3.02. The van der Waals surface area contributed by atoms with Crippen molar-refractivity contribution in [2.24, 2.45) is 5.92 Å². The Hall–Kier alpha value is -1.76. The fraction of sp³-hybridized carbons (Fsp3) is 0.588. The van der Waals surface area contributed by atoms with Gasteiger partial charge < -0.3 is 9.84 Å². The van der Waals surface area contributed by atoms with Crippen molar-refractivity contribution in [3.8, 4) is 5.75 Å². The first-order valence-electron chi connectivity index (χ1n) is 8.04. The third kappa shape index (κ3) is 6.78. The van der Waals surface area contributed by atoms with Crippen molar-refractivity contribution in [3.05, 3.63) is 29.8 Å². The molecular formula is C17H22F3NO3. The Kier molecular flexibility index (Phi) is 6.48. The Labute approximate surface area is 139 Å². The zero-order chi connectivity index (χ0) is 17.6. The maximum absolute atomic E-state index is 12.2. The Morgan fingerprint density at radius 2 is 2.17 bits per heavy atom. The normalized spacial score (nSPS) is 19.2. The van der Waals surface area contributed by atoms with Gasteiger partial charge in [0, 0.05) is 19.5 Å². The second-order valence-corrected chi connectivity index (χ2v) is 6.23. The summed E-state index contributed by atoms with van der Waals surface area (Å²) in [6.07, 6.45) is -1.47. The number of halogens is 3. The summed E-state index contributed by atoms with van der Waals surface area (Å²) >= 11 is 0. The van der Waals surface area contributed by atoms with Gasteiger partial charge in [-0.1, -0.05) is 12.1 Å². The molecule has 1 aliphatic rings. The van der Waals surface area contributed by atoms with E-state index in [1.165, 1.54) is 6.07 Å². The van der Waals surface area contributed by atoms with Gasteiger partial charge in [-0.2, -0.15) is 13.2 Å². The number of aliphatic carboxylic acids is 1. The van der Waals surface area contributed by atoms with Crippen molar-refractivity contribution in [2.45, 2.75) is 38.4 Å². The van der Waals surface area contributed by atoms with E-state index in [2.05, 4.69) is 4.90 Å². The van der Waals surface area contributed by atoms with Crippen LogP contribution in [0.2, 0.25) is 0 Å². The van der Waals surface area contributed by atoms with Gasteiger partial charge >= 0.3 is 12.1 Å². The lowest BCUT2D eigenvalue weighted by Crippen LogP contribution is -2.35. The number of nitrogens with zero attached hydrogens (tertiary/aromatic N) is 1. The number of hydrogen-bond donors (Lipinski definition) is 1. The Morgan fingerprint density at radius 1 is 1.38 bits per heavy atom. The van der Waals surface area contributed by atoms with E-state index >= 15 is 0 Å². The first-order chi connectivity index (χ1) is 11.3. The van der Waals surface area contributed by atoms with Gasteiger partial charge in [-0.15, -0.1) is 0 Å². The molecule has 0 aromatic heterocycles. The predicted molar refractivity (Wildman–Crippen MR) is 82.9 cm³/mol. The van der Waals surface area contributed by atoms with Gasteiger partial charge in [-0.3, -0.25) is 9.69 Å². The van der Waals surface area contributed by atoms with E-state index in [9.17, 15) is 18.0 Å². The second kappa shape index (κ2) is 8.37. The largest absolute Gasteiger partial charge is 0.484 e. The van der Waals surface area contributed by atoms with Crippen LogP contribution in [0, 0.1) is 5.92 Å². The SMILES string of the molecule is O=C(O)CCC1CCCN(Cc2cccc(OCC(F)(F)F)c2)C1. The minimum atomic E-state index is -4.35. The van der Waals surface area contributed by atoms with Crippen LogP contribution < -0.4 is 4.74 Å². The van der Waals surface area contributed by atoms with E-state index in [1.54, 1.807) is 12.1 Å². The molecule has 24 heavy (non-hydrogen) atoms. The molecule has 0 bridgehead atoms. The van der Waals surface area contributed by atoms with E-state index < -0.39 is 18.8 Å². The van der Waals surface area contributed by atoms with Crippen LogP contribution in [0.15, 0.2) is 24.3 Å². The highest BCUT2D eigenvalue weighted by atomic mass is 19.4. The summed E-state index contributed by atoms with van der Waals surface area (Å²) in [6.45, 7) is 1.07. The predicted octanol–water partition coefficient (Wildman–Crippen LogP) is 3.70. The van der Waals surface area contributed by atoms with Crippen LogP contribution in [0.25, 0.3) is 0 Å². The van der Waals surface area contributed by atoms with Crippen molar-refractivity contribution in [2.75, 3.05) is 19.7 Å². The van der Waals surface area contributed by atoms with Crippen molar-refractivity contribution in [1.29, 1.82) is 0 Å². The van der Waals surface area contributed by atoms with Crippen molar-refractivity contribution >= 4 is 5.97 Å². The van der Waals surface area contributed by atoms with Crippen molar-refractivity contribution in [3.63, 3.8) is 0 Å². The molecule has 1 aromatic carbocycles. The lowest BCUT2D eigenvalue weighted by molar-refractivity contribution is -0.153. The van der Waals surface area contributed by atoms with Crippen LogP contribution in [0.1, 0.15) is 31.2 Å². The Balaban J connectivity index is 1.87. The number of piperidine rings is 1. The summed E-state index contributed by atoms with van der Waals surface area (Å²) in [7, 11) is 0. The molecule has 134 valence electrons. The molecule has 0 aliphatic carbocycles. The Morgan fingerprint density at radius 3 is 2.88 bits per heavy atom. The highest BCUT2D eigenvalue weighted by Gasteiger charge is 2.28. The average molecular weight is 345 g/mol. The summed E-state index contributed by atoms with van der Waals surface area (Å²) in [5.41, 5.74) is 0.897. The maximum Gasteiger partial charge on any atom is 0.422 e. The molecule has 1 N–H and O–H groups in total. The molecule has 1 atom stereocenters. The van der Waals surface area contributed by atoms with Gasteiger partial charge in [0.05, 0.1) is 0 Å². The molecule has 2 rings (SSSR count). The molecule has 0 radical (unpaired) electrons. The number of hydrogen-bond acceptors (Lipinski definition) is 3. The first kappa shape index (κ1) is 18.6. The Bertz CT molecular complexity index is 548. The topological polar surface area (TPSA) is 49.8 Å². The van der Waals surface area contributed by atoms with Gasteiger partial charge in [0.1, 0.15) is 5.75 Å². The molecule has 1 fully saturated rings. The number of likely N-dealkylation sites (tertiary alicyclic amines) is 1. The lowest BCUT2D eigenvalue weighted by atomic mass is 9.93. The molecule has 0 saturated carbocycles. The van der Waals surface area contributed by atoms with Gasteiger partial charge in [0.15, 0.2) is 6.61 Å². The number of carbonyl (C=O) groups is 1. The number of carboxylic acids is 1. The molecule has 0 amide bonds. The molecule has 1 aromatic rings. The highest BCUT2D eigenvalue weighted by Crippen LogP contribution is 2.24. The van der Waals surface area contributed by atoms with Crippen molar-refractivity contribution in [1.82, 2.24) is 4.90 Å². The second-order valence-electron chi connectivity index (χ2n) is 6.23. The summed E-state index contributed by atoms with van der Waals surface area (Å²) in [5, 5.41) is 8.78. The number of rotatable bonds is 7. The molecule has 7 heteroatoms. The van der Waals surface area contributed by atoms with Gasteiger partial charge in [-0.25, -0.2) is 0 Å². The van der Waals surface area contributed by atoms with Crippen LogP contribution >= 0.6 is 0 Å². The molecule has 1 heterocycles. The lowest BCUT2D eigenvalue weighted by Gasteiger charge is -2.32. The zero-order valence-electron chi connectivity index (χ0n) is 13.4. The van der Waals surface area contributed by atoms with Crippen LogP contribution in [0.5, 0.6) is 5.75 Å². The molecule has 4 nitrogen and oxygen atoms in total. The van der Waals surface area contributed by atoms with Gasteiger partial charge in [0.2, 0.25) is 0 Å². The van der Waals surface area contributed by atoms with E-state index in [0.29, 0.717) is 18.9 Å². The van der Waals surface area contributed by atoms with E-state index in [-0.39, 0.29) is 12.2 Å². The average Bonchev–Trinajstić information content (AvgIpc) is 2.51. The zero-order valence-corrected chi connectivity index (χ0v) is 13.4. The smallest absolute Gasteiger partial charge is 0.422 e. The summed E-state index contributed by atoms with van der Waals surface area (Å²) < 4.78 is 41.4. The maximum atomic E-state index is 12.2. The number of carboxylic acid groups (broad SMARTS) is 1. The minimum absolute atomic E-state index is 0.180.